The number of anilines is 3. The van der Waals surface area contributed by atoms with Crippen molar-refractivity contribution in [3.05, 3.63) is 82.8 Å². The second-order valence-electron chi connectivity index (χ2n) is 18.0. The molecule has 61 heavy (non-hydrogen) atoms. The van der Waals surface area contributed by atoms with E-state index in [1.165, 1.54) is 19.5 Å². The molecule has 11 rings (SSSR count). The summed E-state index contributed by atoms with van der Waals surface area (Å²) >= 11 is 0. The molecular formula is C45H51N11O5. The zero-order valence-electron chi connectivity index (χ0n) is 34.3. The first kappa shape index (κ1) is 38.1. The summed E-state index contributed by atoms with van der Waals surface area (Å²) in [5.41, 5.74) is 6.88. The van der Waals surface area contributed by atoms with Crippen LogP contribution in [0.3, 0.4) is 0 Å². The SMILES string of the molecule is O=C1CCC(N2Cc3cc(N4CC(CN5CCC(N6Cc7cc(NC(=O)c8cnn9cccnc89)c(N8CCC(N9CCC9)CC8)cc7C6=O)CC5)C4)ccc3C2=O)C(=O)N1. The maximum Gasteiger partial charge on any atom is 0.261 e. The maximum absolute atomic E-state index is 14.2. The Balaban J connectivity index is 0.715. The maximum atomic E-state index is 14.2. The van der Waals surface area contributed by atoms with Crippen molar-refractivity contribution < 1.29 is 24.0 Å². The Morgan fingerprint density at radius 1 is 0.803 bits per heavy atom. The number of benzene rings is 2. The molecule has 1 atom stereocenters. The summed E-state index contributed by atoms with van der Waals surface area (Å²) in [6.45, 7) is 9.77. The fourth-order valence-corrected chi connectivity index (χ4v) is 10.8. The molecule has 2 aromatic carbocycles. The summed E-state index contributed by atoms with van der Waals surface area (Å²) in [5.74, 6) is -0.477. The van der Waals surface area contributed by atoms with Crippen LogP contribution in [0.5, 0.6) is 0 Å². The number of imide groups is 1. The zero-order chi connectivity index (χ0) is 41.4. The molecule has 0 saturated carbocycles. The zero-order valence-corrected chi connectivity index (χ0v) is 34.3. The molecule has 0 radical (unpaired) electrons. The first-order chi connectivity index (χ1) is 29.7. The number of nitrogens with zero attached hydrogens (tertiary/aromatic N) is 9. The van der Waals surface area contributed by atoms with Gasteiger partial charge in [0.1, 0.15) is 11.6 Å². The molecule has 9 heterocycles. The van der Waals surface area contributed by atoms with E-state index < -0.39 is 11.9 Å². The number of hydrogen-bond acceptors (Lipinski definition) is 11. The average molecular weight is 826 g/mol. The topological polar surface area (TPSA) is 159 Å². The first-order valence-corrected chi connectivity index (χ1v) is 22.1. The molecule has 7 aliphatic rings. The number of hydrogen-bond donors (Lipinski definition) is 2. The Labute approximate surface area is 353 Å². The third-order valence-electron chi connectivity index (χ3n) is 14.4. The third-order valence-corrected chi connectivity index (χ3v) is 14.4. The lowest BCUT2D eigenvalue weighted by molar-refractivity contribution is -0.136. The van der Waals surface area contributed by atoms with Gasteiger partial charge in [-0.25, -0.2) is 9.50 Å². The summed E-state index contributed by atoms with van der Waals surface area (Å²) < 4.78 is 1.60. The number of nitrogens with one attached hydrogen (secondary N) is 2. The largest absolute Gasteiger partial charge is 0.371 e. The van der Waals surface area contributed by atoms with Gasteiger partial charge in [-0.1, -0.05) is 0 Å². The van der Waals surface area contributed by atoms with Crippen LogP contribution < -0.4 is 20.4 Å². The van der Waals surface area contributed by atoms with E-state index in [0.29, 0.717) is 48.2 Å². The van der Waals surface area contributed by atoms with Crippen LogP contribution in [-0.2, 0) is 22.7 Å². The van der Waals surface area contributed by atoms with Gasteiger partial charge in [-0.15, -0.1) is 0 Å². The highest BCUT2D eigenvalue weighted by Gasteiger charge is 2.41. The molecule has 5 fully saturated rings. The molecule has 7 aliphatic heterocycles. The second kappa shape index (κ2) is 15.2. The molecule has 5 amide bonds. The van der Waals surface area contributed by atoms with Gasteiger partial charge in [-0.05, 0) is 99.1 Å². The van der Waals surface area contributed by atoms with Crippen molar-refractivity contribution in [2.45, 2.75) is 76.2 Å². The molecular weight excluding hydrogens is 775 g/mol. The second-order valence-corrected chi connectivity index (χ2v) is 18.0. The van der Waals surface area contributed by atoms with Crippen LogP contribution in [0.2, 0.25) is 0 Å². The fraction of sp³-hybridized carbons (Fsp3) is 0.489. The molecule has 1 unspecified atom stereocenters. The molecule has 16 heteroatoms. The number of aromatic nitrogens is 3. The molecule has 0 aliphatic carbocycles. The van der Waals surface area contributed by atoms with Crippen LogP contribution >= 0.6 is 0 Å². The lowest BCUT2D eigenvalue weighted by Gasteiger charge is -2.45. The summed E-state index contributed by atoms with van der Waals surface area (Å²) in [7, 11) is 0. The van der Waals surface area contributed by atoms with Gasteiger partial charge in [0.25, 0.3) is 17.7 Å². The summed E-state index contributed by atoms with van der Waals surface area (Å²) in [6, 6.07) is 12.0. The smallest absolute Gasteiger partial charge is 0.261 e. The van der Waals surface area contributed by atoms with Crippen LogP contribution in [-0.4, -0.2) is 141 Å². The van der Waals surface area contributed by atoms with Crippen LogP contribution in [0, 0.1) is 5.92 Å². The fourth-order valence-electron chi connectivity index (χ4n) is 10.8. The Kier molecular flexibility index (Phi) is 9.51. The number of carbonyl (C=O) groups excluding carboxylic acids is 5. The molecule has 0 spiro atoms. The molecule has 4 aromatic rings. The van der Waals surface area contributed by atoms with Gasteiger partial charge in [-0.3, -0.25) is 29.3 Å². The predicted molar refractivity (Wildman–Crippen MR) is 226 cm³/mol. The highest BCUT2D eigenvalue weighted by atomic mass is 16.2. The van der Waals surface area contributed by atoms with Gasteiger partial charge >= 0.3 is 0 Å². The predicted octanol–water partition coefficient (Wildman–Crippen LogP) is 2.97. The number of carbonyl (C=O) groups is 5. The number of amides is 5. The van der Waals surface area contributed by atoms with Crippen molar-refractivity contribution in [2.75, 3.05) is 74.0 Å². The van der Waals surface area contributed by atoms with Crippen molar-refractivity contribution in [3.8, 4) is 0 Å². The number of fused-ring (bicyclic) bond motifs is 3. The highest BCUT2D eigenvalue weighted by molar-refractivity contribution is 6.10. The van der Waals surface area contributed by atoms with E-state index in [2.05, 4.69) is 51.3 Å². The summed E-state index contributed by atoms with van der Waals surface area (Å²) in [4.78, 5) is 83.2. The van der Waals surface area contributed by atoms with E-state index in [4.69, 9.17) is 0 Å². The van der Waals surface area contributed by atoms with Crippen LogP contribution in [0.1, 0.15) is 87.1 Å². The van der Waals surface area contributed by atoms with Gasteiger partial charge in [0.05, 0.1) is 17.6 Å². The van der Waals surface area contributed by atoms with E-state index in [-0.39, 0.29) is 36.1 Å². The Morgan fingerprint density at radius 3 is 2.33 bits per heavy atom. The summed E-state index contributed by atoms with van der Waals surface area (Å²) in [6.07, 6.45) is 10.8. The normalized spacial score (nSPS) is 23.0. The van der Waals surface area contributed by atoms with Crippen molar-refractivity contribution in [1.82, 2.24) is 39.5 Å². The van der Waals surface area contributed by atoms with Crippen LogP contribution in [0.15, 0.2) is 55.0 Å². The first-order valence-electron chi connectivity index (χ1n) is 22.1. The highest BCUT2D eigenvalue weighted by Crippen LogP contribution is 2.39. The Hall–Kier alpha value is -5.87. The van der Waals surface area contributed by atoms with E-state index >= 15 is 0 Å². The van der Waals surface area contributed by atoms with Gasteiger partial charge in [0.2, 0.25) is 11.8 Å². The minimum absolute atomic E-state index is 0.0841. The van der Waals surface area contributed by atoms with Gasteiger partial charge in [0.15, 0.2) is 5.65 Å². The van der Waals surface area contributed by atoms with Crippen molar-refractivity contribution in [1.29, 1.82) is 0 Å². The number of likely N-dealkylation sites (tertiary alicyclic amines) is 2. The van der Waals surface area contributed by atoms with Crippen LogP contribution in [0.4, 0.5) is 17.1 Å². The molecule has 2 N–H and O–H groups in total. The Bertz CT molecular complexity index is 2440. The molecule has 316 valence electrons. The van der Waals surface area contributed by atoms with Crippen molar-refractivity contribution >= 4 is 52.2 Å². The van der Waals surface area contributed by atoms with Crippen molar-refractivity contribution in [3.63, 3.8) is 0 Å². The Morgan fingerprint density at radius 2 is 1.56 bits per heavy atom. The minimum atomic E-state index is -0.612. The van der Waals surface area contributed by atoms with Gasteiger partial charge in [-0.2, -0.15) is 5.10 Å². The average Bonchev–Trinajstić information content (AvgIpc) is 3.91. The number of rotatable bonds is 9. The number of piperidine rings is 3. The van der Waals surface area contributed by atoms with E-state index in [9.17, 15) is 24.0 Å². The standard InChI is InChI=1S/C45H51N11O5/c57-40-6-5-38(43(59)49-40)55-27-29-19-33(3-4-34(29)44(55)60)53-24-28(25-53)23-50-15-7-32(8-16-50)54-26-30-20-37(48-42(58)36-22-47-56-14-1-11-46-41(36)56)39(21-35(30)45(54)61)52-17-9-31(10-18-52)51-12-2-13-51/h1,3-4,11,14,19-22,28,31-32,38H,2,5-10,12-13,15-18,23-27H2,(H,48,58)(H,49,57,59). The van der Waals surface area contributed by atoms with Crippen molar-refractivity contribution in [2.24, 2.45) is 5.92 Å². The quantitative estimate of drug-likeness (QED) is 0.239. The summed E-state index contributed by atoms with van der Waals surface area (Å²) in [5, 5.41) is 9.92. The lowest BCUT2D eigenvalue weighted by atomic mass is 9.95. The van der Waals surface area contributed by atoms with E-state index in [0.717, 1.165) is 105 Å². The molecule has 16 nitrogen and oxygen atoms in total. The third kappa shape index (κ3) is 6.89. The van der Waals surface area contributed by atoms with Gasteiger partial charge < -0.3 is 34.7 Å². The molecule has 0 bridgehead atoms. The molecule has 5 saturated heterocycles. The van der Waals surface area contributed by atoms with Gasteiger partial charge in [0, 0.05) is 113 Å². The van der Waals surface area contributed by atoms with E-state index in [1.54, 1.807) is 34.1 Å². The molecule has 2 aromatic heterocycles. The van der Waals surface area contributed by atoms with E-state index in [1.807, 2.05) is 24.3 Å². The van der Waals surface area contributed by atoms with Crippen LogP contribution in [0.25, 0.3) is 5.65 Å². The monoisotopic (exact) mass is 825 g/mol. The lowest BCUT2D eigenvalue weighted by Crippen LogP contribution is -2.53. The minimum Gasteiger partial charge on any atom is -0.371 e.